The SMILES string of the molecule is O=C(COc1ccc(Cl)cc1Br)N1CC(CO)C1. The van der Waals surface area contributed by atoms with Crippen molar-refractivity contribution in [3.8, 4) is 5.75 Å². The molecule has 1 heterocycles. The minimum absolute atomic E-state index is 0.00161. The predicted octanol–water partition coefficient (Wildman–Crippen LogP) is 1.93. The Morgan fingerprint density at radius 2 is 2.28 bits per heavy atom. The molecule has 1 fully saturated rings. The molecule has 1 aromatic carbocycles. The van der Waals surface area contributed by atoms with E-state index in [-0.39, 0.29) is 25.0 Å². The van der Waals surface area contributed by atoms with Crippen molar-refractivity contribution in [2.24, 2.45) is 5.92 Å². The van der Waals surface area contributed by atoms with E-state index in [0.29, 0.717) is 23.9 Å². The summed E-state index contributed by atoms with van der Waals surface area (Å²) in [5.41, 5.74) is 0. The minimum Gasteiger partial charge on any atom is -0.483 e. The van der Waals surface area contributed by atoms with Gasteiger partial charge in [0.2, 0.25) is 0 Å². The number of hydrogen-bond donors (Lipinski definition) is 1. The lowest BCUT2D eigenvalue weighted by atomic mass is 10.0. The smallest absolute Gasteiger partial charge is 0.260 e. The maximum absolute atomic E-state index is 11.7. The lowest BCUT2D eigenvalue weighted by Gasteiger charge is -2.38. The van der Waals surface area contributed by atoms with E-state index in [1.54, 1.807) is 23.1 Å². The fourth-order valence-corrected chi connectivity index (χ4v) is 2.51. The van der Waals surface area contributed by atoms with Gasteiger partial charge in [0.25, 0.3) is 5.91 Å². The van der Waals surface area contributed by atoms with Crippen molar-refractivity contribution in [3.63, 3.8) is 0 Å². The van der Waals surface area contributed by atoms with Crippen LogP contribution in [0.25, 0.3) is 0 Å². The molecule has 1 aliphatic rings. The summed E-state index contributed by atoms with van der Waals surface area (Å²) >= 11 is 9.13. The number of likely N-dealkylation sites (tertiary alicyclic amines) is 1. The summed E-state index contributed by atoms with van der Waals surface area (Å²) < 4.78 is 6.14. The maximum atomic E-state index is 11.7. The Balaban J connectivity index is 1.83. The van der Waals surface area contributed by atoms with Crippen LogP contribution in [0.3, 0.4) is 0 Å². The van der Waals surface area contributed by atoms with Gasteiger partial charge in [0, 0.05) is 30.6 Å². The molecule has 0 radical (unpaired) electrons. The van der Waals surface area contributed by atoms with Gasteiger partial charge >= 0.3 is 0 Å². The average molecular weight is 335 g/mol. The van der Waals surface area contributed by atoms with Crippen LogP contribution in [0.2, 0.25) is 5.02 Å². The van der Waals surface area contributed by atoms with Crippen molar-refractivity contribution in [2.45, 2.75) is 0 Å². The molecular weight excluding hydrogens is 321 g/mol. The van der Waals surface area contributed by atoms with Crippen LogP contribution >= 0.6 is 27.5 Å². The van der Waals surface area contributed by atoms with E-state index >= 15 is 0 Å². The van der Waals surface area contributed by atoms with Gasteiger partial charge < -0.3 is 14.7 Å². The lowest BCUT2D eigenvalue weighted by molar-refractivity contribution is -0.140. The fourth-order valence-electron chi connectivity index (χ4n) is 1.71. The van der Waals surface area contributed by atoms with Gasteiger partial charge in [-0.25, -0.2) is 0 Å². The molecule has 0 aromatic heterocycles. The van der Waals surface area contributed by atoms with Gasteiger partial charge in [0.05, 0.1) is 4.47 Å². The third kappa shape index (κ3) is 3.16. The topological polar surface area (TPSA) is 49.8 Å². The zero-order valence-electron chi connectivity index (χ0n) is 9.60. The molecule has 98 valence electrons. The van der Waals surface area contributed by atoms with Crippen LogP contribution in [-0.4, -0.2) is 42.2 Å². The number of carbonyl (C=O) groups is 1. The first-order valence-corrected chi connectivity index (χ1v) is 6.73. The molecule has 18 heavy (non-hydrogen) atoms. The van der Waals surface area contributed by atoms with Crippen molar-refractivity contribution in [1.29, 1.82) is 0 Å². The van der Waals surface area contributed by atoms with Crippen molar-refractivity contribution < 1.29 is 14.6 Å². The average Bonchev–Trinajstić information content (AvgIpc) is 2.26. The van der Waals surface area contributed by atoms with Crippen LogP contribution in [0.5, 0.6) is 5.75 Å². The monoisotopic (exact) mass is 333 g/mol. The normalized spacial score (nSPS) is 15.4. The number of nitrogens with zero attached hydrogens (tertiary/aromatic N) is 1. The van der Waals surface area contributed by atoms with Crippen molar-refractivity contribution >= 4 is 33.4 Å². The van der Waals surface area contributed by atoms with Crippen LogP contribution in [0.15, 0.2) is 22.7 Å². The van der Waals surface area contributed by atoms with Crippen LogP contribution in [-0.2, 0) is 4.79 Å². The molecule has 0 unspecified atom stereocenters. The first-order valence-electron chi connectivity index (χ1n) is 5.56. The Labute approximate surface area is 119 Å². The molecule has 0 saturated carbocycles. The molecule has 6 heteroatoms. The number of aliphatic hydroxyl groups is 1. The maximum Gasteiger partial charge on any atom is 0.260 e. The van der Waals surface area contributed by atoms with Crippen LogP contribution < -0.4 is 4.74 Å². The molecular formula is C12H13BrClNO3. The van der Waals surface area contributed by atoms with Gasteiger partial charge in [-0.3, -0.25) is 4.79 Å². The Bertz CT molecular complexity index is 449. The third-order valence-corrected chi connectivity index (χ3v) is 3.67. The summed E-state index contributed by atoms with van der Waals surface area (Å²) in [7, 11) is 0. The number of amides is 1. The Hall–Kier alpha value is -0.780. The van der Waals surface area contributed by atoms with Gasteiger partial charge in [-0.2, -0.15) is 0 Å². The van der Waals surface area contributed by atoms with Crippen molar-refractivity contribution in [1.82, 2.24) is 4.90 Å². The molecule has 0 aliphatic carbocycles. The molecule has 1 aromatic rings. The van der Waals surface area contributed by atoms with Gasteiger partial charge in [-0.05, 0) is 34.1 Å². The molecule has 1 saturated heterocycles. The number of halogens is 2. The van der Waals surface area contributed by atoms with Crippen molar-refractivity contribution in [2.75, 3.05) is 26.3 Å². The number of hydrogen-bond acceptors (Lipinski definition) is 3. The largest absolute Gasteiger partial charge is 0.483 e. The second kappa shape index (κ2) is 5.91. The highest BCUT2D eigenvalue weighted by atomic mass is 79.9. The predicted molar refractivity (Wildman–Crippen MR) is 71.8 cm³/mol. The highest BCUT2D eigenvalue weighted by Gasteiger charge is 2.29. The molecule has 0 bridgehead atoms. The molecule has 4 nitrogen and oxygen atoms in total. The molecule has 2 rings (SSSR count). The van der Waals surface area contributed by atoms with E-state index in [2.05, 4.69) is 15.9 Å². The summed E-state index contributed by atoms with van der Waals surface area (Å²) in [5.74, 6) is 0.741. The number of ether oxygens (including phenoxy) is 1. The Morgan fingerprint density at radius 1 is 1.56 bits per heavy atom. The first-order chi connectivity index (χ1) is 8.60. The summed E-state index contributed by atoms with van der Waals surface area (Å²) in [5, 5.41) is 9.47. The zero-order valence-corrected chi connectivity index (χ0v) is 11.9. The number of carbonyl (C=O) groups excluding carboxylic acids is 1. The number of aliphatic hydroxyl groups excluding tert-OH is 1. The summed E-state index contributed by atoms with van der Waals surface area (Å²) in [4.78, 5) is 13.4. The summed E-state index contributed by atoms with van der Waals surface area (Å²) in [6, 6.07) is 5.14. The van der Waals surface area contributed by atoms with Crippen LogP contribution in [0.1, 0.15) is 0 Å². The van der Waals surface area contributed by atoms with E-state index in [1.165, 1.54) is 0 Å². The quantitative estimate of drug-likeness (QED) is 0.915. The van der Waals surface area contributed by atoms with Crippen molar-refractivity contribution in [3.05, 3.63) is 27.7 Å². The summed E-state index contributed by atoms with van der Waals surface area (Å²) in [6.07, 6.45) is 0. The second-order valence-corrected chi connectivity index (χ2v) is 5.50. The van der Waals surface area contributed by atoms with Crippen LogP contribution in [0.4, 0.5) is 0 Å². The highest BCUT2D eigenvalue weighted by molar-refractivity contribution is 9.10. The number of benzene rings is 1. The van der Waals surface area contributed by atoms with Crippen LogP contribution in [0, 0.1) is 5.92 Å². The molecule has 0 spiro atoms. The van der Waals surface area contributed by atoms with Gasteiger partial charge in [0.1, 0.15) is 5.75 Å². The number of rotatable bonds is 4. The zero-order chi connectivity index (χ0) is 13.1. The van der Waals surface area contributed by atoms with Gasteiger partial charge in [0.15, 0.2) is 6.61 Å². The van der Waals surface area contributed by atoms with E-state index < -0.39 is 0 Å². The van der Waals surface area contributed by atoms with E-state index in [1.807, 2.05) is 0 Å². The molecule has 1 aliphatic heterocycles. The first kappa shape index (κ1) is 13.6. The second-order valence-electron chi connectivity index (χ2n) is 4.21. The van der Waals surface area contributed by atoms with Gasteiger partial charge in [-0.1, -0.05) is 11.6 Å². The van der Waals surface area contributed by atoms with Gasteiger partial charge in [-0.15, -0.1) is 0 Å². The Kier molecular flexibility index (Phi) is 4.48. The van der Waals surface area contributed by atoms with E-state index in [0.717, 1.165) is 4.47 Å². The summed E-state index contributed by atoms with van der Waals surface area (Å²) in [6.45, 7) is 1.35. The highest BCUT2D eigenvalue weighted by Crippen LogP contribution is 2.28. The fraction of sp³-hybridized carbons (Fsp3) is 0.417. The van der Waals surface area contributed by atoms with E-state index in [9.17, 15) is 4.79 Å². The van der Waals surface area contributed by atoms with E-state index in [4.69, 9.17) is 21.4 Å². The third-order valence-electron chi connectivity index (χ3n) is 2.81. The lowest BCUT2D eigenvalue weighted by Crippen LogP contribution is -2.52. The standard InChI is InChI=1S/C12H13BrClNO3/c13-10-3-9(14)1-2-11(10)18-7-12(17)15-4-8(5-15)6-16/h1-3,8,16H,4-7H2. The molecule has 1 amide bonds. The minimum atomic E-state index is -0.0680. The Morgan fingerprint density at radius 3 is 2.89 bits per heavy atom. The molecule has 1 N–H and O–H groups in total. The molecule has 0 atom stereocenters.